The number of aromatic hydroxyl groups is 3. The molecule has 0 bridgehead atoms. The van der Waals surface area contributed by atoms with Gasteiger partial charge in [0, 0.05) is 6.42 Å². The summed E-state index contributed by atoms with van der Waals surface area (Å²) >= 11 is 0. The van der Waals surface area contributed by atoms with Gasteiger partial charge in [0.25, 0.3) is 0 Å². The fraction of sp³-hybridized carbons (Fsp3) is 0.265. The molecule has 0 fully saturated rings. The lowest BCUT2D eigenvalue weighted by Gasteiger charge is -2.17. The van der Waals surface area contributed by atoms with Crippen molar-refractivity contribution in [2.24, 2.45) is 0 Å². The molecule has 0 amide bonds. The number of carbonyl (C=O) groups excluding carboxylic acids is 1. The normalized spacial score (nSPS) is 12.1. The molecule has 0 radical (unpaired) electrons. The Hall–Kier alpha value is -4.25. The molecule has 39 heavy (non-hydrogen) atoms. The first-order valence-electron chi connectivity index (χ1n) is 13.6. The third kappa shape index (κ3) is 7.87. The first-order valence-corrected chi connectivity index (χ1v) is 13.6. The van der Waals surface area contributed by atoms with Gasteiger partial charge < -0.3 is 20.1 Å². The SMILES string of the molecule is CCCCC/C=C/C(=O)[C@H](Cc1ccc(O)c(OCCc2ccc(O)cc2)c1)c1ccc2ccc(O)cc2c1. The standard InChI is InChI=1S/C34H36O5/c1-2-3-4-5-6-7-32(37)31(27-12-11-26-13-16-30(36)23-28(26)22-27)20-25-10-17-33(38)34(21-25)39-19-18-24-8-14-29(35)15-9-24/h6-17,21-23,31,35-36,38H,2-5,18-20H2,1H3/b7-6+/t31-/m1/s1. The molecule has 4 aromatic carbocycles. The number of phenolic OH excluding ortho intramolecular Hbond substituents is 3. The molecule has 0 aliphatic heterocycles. The molecule has 0 heterocycles. The fourth-order valence-electron chi connectivity index (χ4n) is 4.66. The van der Waals surface area contributed by atoms with E-state index in [2.05, 4.69) is 6.92 Å². The maximum atomic E-state index is 13.5. The summed E-state index contributed by atoms with van der Waals surface area (Å²) in [6, 6.07) is 23.3. The molecule has 0 aliphatic carbocycles. The maximum absolute atomic E-state index is 13.5. The Kier molecular flexibility index (Phi) is 9.63. The smallest absolute Gasteiger partial charge is 0.163 e. The summed E-state index contributed by atoms with van der Waals surface area (Å²) in [7, 11) is 0. The van der Waals surface area contributed by atoms with E-state index in [9.17, 15) is 20.1 Å². The molecule has 0 spiro atoms. The number of fused-ring (bicyclic) bond motifs is 1. The lowest BCUT2D eigenvalue weighted by atomic mass is 9.87. The zero-order chi connectivity index (χ0) is 27.6. The molecular formula is C34H36O5. The van der Waals surface area contributed by atoms with Crippen molar-refractivity contribution in [1.29, 1.82) is 0 Å². The van der Waals surface area contributed by atoms with Crippen LogP contribution in [0.5, 0.6) is 23.0 Å². The van der Waals surface area contributed by atoms with E-state index in [1.807, 2.05) is 48.5 Å². The van der Waals surface area contributed by atoms with E-state index in [4.69, 9.17) is 4.74 Å². The average Bonchev–Trinajstić information content (AvgIpc) is 2.93. The van der Waals surface area contributed by atoms with Gasteiger partial charge in [-0.3, -0.25) is 4.79 Å². The van der Waals surface area contributed by atoms with Crippen LogP contribution in [0.1, 0.15) is 55.2 Å². The summed E-state index contributed by atoms with van der Waals surface area (Å²) in [6.45, 7) is 2.52. The third-order valence-corrected chi connectivity index (χ3v) is 6.90. The van der Waals surface area contributed by atoms with Crippen molar-refractivity contribution in [2.45, 2.75) is 51.4 Å². The van der Waals surface area contributed by atoms with Gasteiger partial charge in [-0.1, -0.05) is 68.3 Å². The van der Waals surface area contributed by atoms with Crippen molar-refractivity contribution in [3.05, 3.63) is 108 Å². The van der Waals surface area contributed by atoms with Crippen LogP contribution in [-0.2, 0) is 17.6 Å². The van der Waals surface area contributed by atoms with Gasteiger partial charge in [0.15, 0.2) is 17.3 Å². The van der Waals surface area contributed by atoms with Crippen LogP contribution in [0.15, 0.2) is 91.0 Å². The Labute approximate surface area is 230 Å². The fourth-order valence-corrected chi connectivity index (χ4v) is 4.66. The number of phenols is 3. The van der Waals surface area contributed by atoms with Gasteiger partial charge in [-0.15, -0.1) is 0 Å². The molecule has 1 atom stereocenters. The van der Waals surface area contributed by atoms with Gasteiger partial charge in [0.2, 0.25) is 0 Å². The van der Waals surface area contributed by atoms with Crippen molar-refractivity contribution in [3.63, 3.8) is 0 Å². The topological polar surface area (TPSA) is 87.0 Å². The maximum Gasteiger partial charge on any atom is 0.163 e. The summed E-state index contributed by atoms with van der Waals surface area (Å²) in [5.41, 5.74) is 2.77. The van der Waals surface area contributed by atoms with Crippen LogP contribution in [-0.4, -0.2) is 27.7 Å². The first-order chi connectivity index (χ1) is 18.9. The number of ether oxygens (including phenoxy) is 1. The summed E-state index contributed by atoms with van der Waals surface area (Å²) in [6.07, 6.45) is 8.93. The van der Waals surface area contributed by atoms with Gasteiger partial charge >= 0.3 is 0 Å². The van der Waals surface area contributed by atoms with Gasteiger partial charge in [-0.25, -0.2) is 0 Å². The molecule has 0 saturated carbocycles. The van der Waals surface area contributed by atoms with Gasteiger partial charge in [-0.05, 0) is 89.2 Å². The van der Waals surface area contributed by atoms with Crippen LogP contribution in [0.4, 0.5) is 0 Å². The minimum Gasteiger partial charge on any atom is -0.508 e. The lowest BCUT2D eigenvalue weighted by Crippen LogP contribution is -2.13. The number of ketones is 1. The van der Waals surface area contributed by atoms with Crippen LogP contribution in [0.25, 0.3) is 10.8 Å². The number of allylic oxidation sites excluding steroid dienone is 2. The quantitative estimate of drug-likeness (QED) is 0.124. The Morgan fingerprint density at radius 1 is 0.821 bits per heavy atom. The molecule has 0 unspecified atom stereocenters. The Morgan fingerprint density at radius 3 is 2.36 bits per heavy atom. The Bertz CT molecular complexity index is 1420. The van der Waals surface area contributed by atoms with Crippen LogP contribution in [0, 0.1) is 0 Å². The molecule has 0 aliphatic rings. The second-order valence-corrected chi connectivity index (χ2v) is 9.92. The number of unbranched alkanes of at least 4 members (excludes halogenated alkanes) is 3. The van der Waals surface area contributed by atoms with Crippen molar-refractivity contribution >= 4 is 16.6 Å². The monoisotopic (exact) mass is 524 g/mol. The lowest BCUT2D eigenvalue weighted by molar-refractivity contribution is -0.116. The molecule has 0 saturated heterocycles. The average molecular weight is 525 g/mol. The molecule has 5 nitrogen and oxygen atoms in total. The first kappa shape index (κ1) is 27.8. The molecular weight excluding hydrogens is 488 g/mol. The van der Waals surface area contributed by atoms with Crippen molar-refractivity contribution in [1.82, 2.24) is 0 Å². The highest BCUT2D eigenvalue weighted by atomic mass is 16.5. The Morgan fingerprint density at radius 2 is 1.56 bits per heavy atom. The van der Waals surface area contributed by atoms with E-state index in [0.717, 1.165) is 53.1 Å². The second-order valence-electron chi connectivity index (χ2n) is 9.92. The molecule has 4 aromatic rings. The number of rotatable bonds is 13. The van der Waals surface area contributed by atoms with Gasteiger partial charge in [0.1, 0.15) is 11.5 Å². The van der Waals surface area contributed by atoms with Crippen LogP contribution >= 0.6 is 0 Å². The van der Waals surface area contributed by atoms with Gasteiger partial charge in [-0.2, -0.15) is 0 Å². The zero-order valence-electron chi connectivity index (χ0n) is 22.3. The van der Waals surface area contributed by atoms with Crippen LogP contribution < -0.4 is 4.74 Å². The largest absolute Gasteiger partial charge is 0.508 e. The molecule has 3 N–H and O–H groups in total. The minimum absolute atomic E-state index is 0.0221. The molecule has 4 rings (SSSR count). The van der Waals surface area contributed by atoms with E-state index < -0.39 is 5.92 Å². The van der Waals surface area contributed by atoms with E-state index in [1.54, 1.807) is 42.5 Å². The predicted octanol–water partition coefficient (Wildman–Crippen LogP) is 7.61. The number of hydrogen-bond acceptors (Lipinski definition) is 5. The molecule has 0 aromatic heterocycles. The highest BCUT2D eigenvalue weighted by Crippen LogP contribution is 2.32. The number of hydrogen-bond donors (Lipinski definition) is 3. The highest BCUT2D eigenvalue weighted by Gasteiger charge is 2.20. The van der Waals surface area contributed by atoms with E-state index in [0.29, 0.717) is 25.2 Å². The van der Waals surface area contributed by atoms with Crippen LogP contribution in [0.2, 0.25) is 0 Å². The Balaban J connectivity index is 1.54. The van der Waals surface area contributed by atoms with E-state index >= 15 is 0 Å². The molecule has 5 heteroatoms. The van der Waals surface area contributed by atoms with E-state index in [1.165, 1.54) is 0 Å². The number of carbonyl (C=O) groups is 1. The van der Waals surface area contributed by atoms with Gasteiger partial charge in [0.05, 0.1) is 12.5 Å². The summed E-state index contributed by atoms with van der Waals surface area (Å²) in [5.74, 6) is 0.418. The third-order valence-electron chi connectivity index (χ3n) is 6.90. The number of benzene rings is 4. The van der Waals surface area contributed by atoms with E-state index in [-0.39, 0.29) is 23.0 Å². The summed E-state index contributed by atoms with van der Waals surface area (Å²) in [5, 5.41) is 31.7. The molecule has 202 valence electrons. The zero-order valence-corrected chi connectivity index (χ0v) is 22.3. The van der Waals surface area contributed by atoms with Crippen LogP contribution in [0.3, 0.4) is 0 Å². The van der Waals surface area contributed by atoms with Crippen molar-refractivity contribution < 1.29 is 24.9 Å². The van der Waals surface area contributed by atoms with Crippen molar-refractivity contribution in [3.8, 4) is 23.0 Å². The summed E-state index contributed by atoms with van der Waals surface area (Å²) < 4.78 is 5.89. The highest BCUT2D eigenvalue weighted by molar-refractivity contribution is 5.96. The minimum atomic E-state index is -0.423. The second kappa shape index (κ2) is 13.5. The summed E-state index contributed by atoms with van der Waals surface area (Å²) in [4.78, 5) is 13.5. The predicted molar refractivity (Wildman–Crippen MR) is 156 cm³/mol. The van der Waals surface area contributed by atoms with Crippen molar-refractivity contribution in [2.75, 3.05) is 6.61 Å².